The van der Waals surface area contributed by atoms with Crippen LogP contribution in [0, 0.1) is 0 Å². The van der Waals surface area contributed by atoms with E-state index in [1.165, 1.54) is 0 Å². The zero-order chi connectivity index (χ0) is 15.4. The molecule has 0 saturated heterocycles. The number of rotatable bonds is 5. The number of aromatic nitrogens is 2. The first kappa shape index (κ1) is 14.5. The lowest BCUT2D eigenvalue weighted by atomic mass is 10.3. The van der Waals surface area contributed by atoms with Crippen molar-refractivity contribution in [3.05, 3.63) is 72.6 Å². The first-order chi connectivity index (χ1) is 10.8. The summed E-state index contributed by atoms with van der Waals surface area (Å²) in [6.07, 6.45) is 3.66. The van der Waals surface area contributed by atoms with E-state index < -0.39 is 10.8 Å². The van der Waals surface area contributed by atoms with Gasteiger partial charge >= 0.3 is 0 Å². The van der Waals surface area contributed by atoms with Gasteiger partial charge in [-0.05, 0) is 24.3 Å². The van der Waals surface area contributed by atoms with E-state index in [2.05, 4.69) is 5.10 Å². The second-order valence-corrected chi connectivity index (χ2v) is 6.19. The summed E-state index contributed by atoms with van der Waals surface area (Å²) in [5.74, 6) is 1.06. The molecule has 3 aromatic rings. The Kier molecular flexibility index (Phi) is 4.34. The number of hydrogen-bond acceptors (Lipinski definition) is 3. The summed E-state index contributed by atoms with van der Waals surface area (Å²) in [5, 5.41) is 4.33. The van der Waals surface area contributed by atoms with Crippen LogP contribution in [0.25, 0.3) is 5.69 Å². The predicted octanol–water partition coefficient (Wildman–Crippen LogP) is 3.19. The molecule has 112 valence electrons. The molecule has 0 aliphatic heterocycles. The van der Waals surface area contributed by atoms with Crippen molar-refractivity contribution in [1.82, 2.24) is 9.78 Å². The minimum absolute atomic E-state index is 0.410. The van der Waals surface area contributed by atoms with Gasteiger partial charge in [0.25, 0.3) is 0 Å². The van der Waals surface area contributed by atoms with Crippen LogP contribution in [-0.2, 0) is 16.6 Å². The van der Waals surface area contributed by atoms with Crippen LogP contribution in [0.15, 0.2) is 71.9 Å². The van der Waals surface area contributed by atoms with E-state index in [4.69, 9.17) is 4.74 Å². The fourth-order valence-corrected chi connectivity index (χ4v) is 3.41. The van der Waals surface area contributed by atoms with Crippen molar-refractivity contribution in [3.63, 3.8) is 0 Å². The van der Waals surface area contributed by atoms with Gasteiger partial charge in [-0.25, -0.2) is 4.68 Å². The van der Waals surface area contributed by atoms with E-state index in [0.29, 0.717) is 16.4 Å². The molecular weight excluding hydrogens is 296 g/mol. The third kappa shape index (κ3) is 3.09. The predicted molar refractivity (Wildman–Crippen MR) is 86.7 cm³/mol. The molecule has 22 heavy (non-hydrogen) atoms. The lowest BCUT2D eigenvalue weighted by Crippen LogP contribution is -1.99. The zero-order valence-electron chi connectivity index (χ0n) is 12.2. The summed E-state index contributed by atoms with van der Waals surface area (Å²) in [5.41, 5.74) is 1.91. The van der Waals surface area contributed by atoms with Crippen molar-refractivity contribution >= 4 is 10.8 Å². The highest BCUT2D eigenvalue weighted by Gasteiger charge is 2.12. The largest absolute Gasteiger partial charge is 0.495 e. The van der Waals surface area contributed by atoms with E-state index >= 15 is 0 Å². The Morgan fingerprint density at radius 1 is 1.09 bits per heavy atom. The van der Waals surface area contributed by atoms with Crippen LogP contribution in [-0.4, -0.2) is 21.1 Å². The molecule has 0 fully saturated rings. The summed E-state index contributed by atoms with van der Waals surface area (Å²) in [7, 11) is 0.420. The van der Waals surface area contributed by atoms with Gasteiger partial charge in [-0.2, -0.15) is 5.10 Å². The fourth-order valence-electron chi connectivity index (χ4n) is 2.19. The van der Waals surface area contributed by atoms with Crippen LogP contribution in [0.5, 0.6) is 5.75 Å². The Labute approximate surface area is 131 Å². The first-order valence-corrected chi connectivity index (χ1v) is 8.20. The molecule has 4 nitrogen and oxygen atoms in total. The Bertz CT molecular complexity index is 784. The highest BCUT2D eigenvalue weighted by molar-refractivity contribution is 7.84. The van der Waals surface area contributed by atoms with Gasteiger partial charge in [-0.1, -0.05) is 30.3 Å². The molecule has 0 saturated carbocycles. The Hall–Kier alpha value is -2.40. The molecule has 0 unspecified atom stereocenters. The molecule has 0 radical (unpaired) electrons. The Morgan fingerprint density at radius 3 is 2.59 bits per heavy atom. The van der Waals surface area contributed by atoms with Gasteiger partial charge in [0.15, 0.2) is 0 Å². The first-order valence-electron chi connectivity index (χ1n) is 6.88. The molecule has 0 aliphatic carbocycles. The van der Waals surface area contributed by atoms with Crippen molar-refractivity contribution in [2.45, 2.75) is 10.6 Å². The third-order valence-corrected chi connectivity index (χ3v) is 4.69. The van der Waals surface area contributed by atoms with Gasteiger partial charge in [0.1, 0.15) is 5.75 Å². The lowest BCUT2D eigenvalue weighted by molar-refractivity contribution is 0.404. The molecule has 1 aromatic heterocycles. The van der Waals surface area contributed by atoms with E-state index in [9.17, 15) is 4.21 Å². The van der Waals surface area contributed by atoms with Crippen LogP contribution in [0.3, 0.4) is 0 Å². The second-order valence-electron chi connectivity index (χ2n) is 4.77. The van der Waals surface area contributed by atoms with Crippen LogP contribution in [0.1, 0.15) is 5.56 Å². The molecule has 3 rings (SSSR count). The maximum absolute atomic E-state index is 12.5. The number of nitrogens with zero attached hydrogens (tertiary/aromatic N) is 2. The van der Waals surface area contributed by atoms with Crippen molar-refractivity contribution in [1.29, 1.82) is 0 Å². The van der Waals surface area contributed by atoms with E-state index in [0.717, 1.165) is 11.3 Å². The highest BCUT2D eigenvalue weighted by Crippen LogP contribution is 2.23. The molecule has 0 aliphatic rings. The Morgan fingerprint density at radius 2 is 1.82 bits per heavy atom. The molecule has 2 aromatic carbocycles. The number of hydrogen-bond donors (Lipinski definition) is 0. The molecule has 0 spiro atoms. The maximum atomic E-state index is 12.5. The summed E-state index contributed by atoms with van der Waals surface area (Å²) >= 11 is 0. The second kappa shape index (κ2) is 6.58. The Balaban J connectivity index is 1.79. The van der Waals surface area contributed by atoms with Crippen LogP contribution in [0.2, 0.25) is 0 Å². The third-order valence-electron chi connectivity index (χ3n) is 3.27. The number of benzene rings is 2. The van der Waals surface area contributed by atoms with E-state index in [1.54, 1.807) is 18.0 Å². The average Bonchev–Trinajstić information content (AvgIpc) is 3.04. The molecule has 5 heteroatoms. The van der Waals surface area contributed by atoms with Gasteiger partial charge in [0.05, 0.1) is 40.4 Å². The van der Waals surface area contributed by atoms with Gasteiger partial charge < -0.3 is 4.74 Å². The quantitative estimate of drug-likeness (QED) is 0.727. The van der Waals surface area contributed by atoms with E-state index in [-0.39, 0.29) is 0 Å². The number of para-hydroxylation sites is 2. The fraction of sp³-hybridized carbons (Fsp3) is 0.118. The van der Waals surface area contributed by atoms with Crippen molar-refractivity contribution in [2.24, 2.45) is 0 Å². The zero-order valence-corrected chi connectivity index (χ0v) is 13.0. The summed E-state index contributed by atoms with van der Waals surface area (Å²) in [6, 6.07) is 17.2. The number of ether oxygens (including phenoxy) is 1. The topological polar surface area (TPSA) is 44.1 Å². The normalized spacial score (nSPS) is 12.0. The highest BCUT2D eigenvalue weighted by atomic mass is 32.2. The molecular formula is C17H16N2O2S. The lowest BCUT2D eigenvalue weighted by Gasteiger charge is -2.06. The molecule has 1 atom stereocenters. The standard InChI is InChI=1S/C17H16N2O2S/c1-21-16-9-5-6-10-17(16)22(20)13-14-11-18-19(12-14)15-7-3-2-4-8-15/h2-12H,13H2,1H3/t22-/m1/s1. The van der Waals surface area contributed by atoms with Crippen LogP contribution < -0.4 is 4.74 Å². The number of methoxy groups -OCH3 is 1. The van der Waals surface area contributed by atoms with Crippen LogP contribution >= 0.6 is 0 Å². The SMILES string of the molecule is COc1ccccc1[S@](=O)Cc1cnn(-c2ccccc2)c1. The summed E-state index contributed by atoms with van der Waals surface area (Å²) < 4.78 is 19.6. The minimum Gasteiger partial charge on any atom is -0.495 e. The van der Waals surface area contributed by atoms with Gasteiger partial charge in [-0.3, -0.25) is 4.21 Å². The molecule has 0 N–H and O–H groups in total. The summed E-state index contributed by atoms with van der Waals surface area (Å²) in [4.78, 5) is 0.706. The van der Waals surface area contributed by atoms with Crippen LogP contribution in [0.4, 0.5) is 0 Å². The maximum Gasteiger partial charge on any atom is 0.134 e. The minimum atomic E-state index is -1.17. The van der Waals surface area contributed by atoms with E-state index in [1.807, 2.05) is 60.8 Å². The van der Waals surface area contributed by atoms with Gasteiger partial charge in [0.2, 0.25) is 0 Å². The average molecular weight is 312 g/mol. The smallest absolute Gasteiger partial charge is 0.134 e. The summed E-state index contributed by atoms with van der Waals surface area (Å²) in [6.45, 7) is 0. The van der Waals surface area contributed by atoms with Crippen molar-refractivity contribution in [3.8, 4) is 11.4 Å². The van der Waals surface area contributed by atoms with Crippen molar-refractivity contribution in [2.75, 3.05) is 7.11 Å². The molecule has 0 bridgehead atoms. The molecule has 0 amide bonds. The molecule has 1 heterocycles. The monoisotopic (exact) mass is 312 g/mol. The van der Waals surface area contributed by atoms with Gasteiger partial charge in [-0.15, -0.1) is 0 Å². The van der Waals surface area contributed by atoms with Crippen molar-refractivity contribution < 1.29 is 8.95 Å². The van der Waals surface area contributed by atoms with Gasteiger partial charge in [0, 0.05) is 11.8 Å².